The monoisotopic (exact) mass is 136 g/mol. The van der Waals surface area contributed by atoms with Gasteiger partial charge in [0.25, 0.3) is 13.1 Å². The topological polar surface area (TPSA) is 37.3 Å². The Kier molecular flexibility index (Phi) is 4.04. The van der Waals surface area contributed by atoms with Crippen LogP contribution in [-0.4, -0.2) is 18.3 Å². The van der Waals surface area contributed by atoms with E-state index >= 15 is 0 Å². The highest BCUT2D eigenvalue weighted by atomic mass is 16.4. The lowest BCUT2D eigenvalue weighted by molar-refractivity contribution is 0.220. The minimum absolute atomic E-state index is 0.00944. The molecule has 0 amide bonds. The molecule has 0 fully saturated rings. The van der Waals surface area contributed by atoms with E-state index in [0.29, 0.717) is 5.47 Å². The Morgan fingerprint density at radius 1 is 1.50 bits per heavy atom. The van der Waals surface area contributed by atoms with Crippen molar-refractivity contribution < 1.29 is 9.90 Å². The largest absolute Gasteiger partial charge is 0.489 e. The fourth-order valence-corrected chi connectivity index (χ4v) is 0.525. The van der Waals surface area contributed by atoms with Gasteiger partial charge in [-0.3, -0.25) is 4.79 Å². The van der Waals surface area contributed by atoms with Crippen molar-refractivity contribution in [3.63, 3.8) is 0 Å². The Balaban J connectivity index is 4.08. The summed E-state index contributed by atoms with van der Waals surface area (Å²) in [6.07, 6.45) is 4.68. The lowest BCUT2D eigenvalue weighted by Crippen LogP contribution is -2.06. The summed E-state index contributed by atoms with van der Waals surface area (Å²) in [5.41, 5.74) is 0.669. The second-order valence-electron chi connectivity index (χ2n) is 1.75. The molecule has 0 aliphatic carbocycles. The molecular formula is C7H9BO2. The van der Waals surface area contributed by atoms with Crippen LogP contribution in [0.3, 0.4) is 0 Å². The first-order valence-corrected chi connectivity index (χ1v) is 2.86. The molecule has 1 N–H and O–H groups in total. The van der Waals surface area contributed by atoms with E-state index in [-0.39, 0.29) is 7.28 Å². The van der Waals surface area contributed by atoms with Crippen molar-refractivity contribution in [2.24, 2.45) is 0 Å². The Morgan fingerprint density at radius 3 is 2.40 bits per heavy atom. The van der Waals surface area contributed by atoms with E-state index < -0.39 is 5.87 Å². The first kappa shape index (κ1) is 8.75. The van der Waals surface area contributed by atoms with Gasteiger partial charge < -0.3 is 5.11 Å². The van der Waals surface area contributed by atoms with Crippen molar-refractivity contribution in [1.29, 1.82) is 0 Å². The highest BCUT2D eigenvalue weighted by Crippen LogP contribution is 1.92. The van der Waals surface area contributed by atoms with Crippen LogP contribution in [0.25, 0.3) is 0 Å². The zero-order chi connectivity index (χ0) is 7.98. The molecule has 2 nitrogen and oxygen atoms in total. The van der Waals surface area contributed by atoms with E-state index in [1.165, 1.54) is 6.08 Å². The van der Waals surface area contributed by atoms with Crippen molar-refractivity contribution in [1.82, 2.24) is 0 Å². The van der Waals surface area contributed by atoms with E-state index in [2.05, 4.69) is 13.2 Å². The standard InChI is InChI=1S/C7H9BO2/c1-3-5-6(4-2)8-7(9)10/h3-5,8H,1-2H2,(H,9,10)/b6-5+. The van der Waals surface area contributed by atoms with E-state index in [0.717, 1.165) is 0 Å². The molecule has 3 heteroatoms. The highest BCUT2D eigenvalue weighted by molar-refractivity contribution is 6.77. The van der Waals surface area contributed by atoms with Gasteiger partial charge in [0.05, 0.1) is 0 Å². The summed E-state index contributed by atoms with van der Waals surface area (Å²) in [6.45, 7) is 6.89. The smallest absolute Gasteiger partial charge is 0.293 e. The lowest BCUT2D eigenvalue weighted by atomic mass is 9.69. The zero-order valence-corrected chi connectivity index (χ0v) is 5.71. The third kappa shape index (κ3) is 3.72. The van der Waals surface area contributed by atoms with E-state index in [9.17, 15) is 4.79 Å². The molecule has 0 aromatic rings. The quantitative estimate of drug-likeness (QED) is 0.467. The van der Waals surface area contributed by atoms with Crippen LogP contribution in [0.1, 0.15) is 0 Å². The van der Waals surface area contributed by atoms with Crippen LogP contribution in [-0.2, 0) is 0 Å². The molecule has 0 bridgehead atoms. The van der Waals surface area contributed by atoms with Crippen LogP contribution in [0.2, 0.25) is 0 Å². The van der Waals surface area contributed by atoms with Crippen LogP contribution < -0.4 is 0 Å². The molecule has 0 aliphatic rings. The number of carbonyl (C=O) groups is 1. The van der Waals surface area contributed by atoms with Crippen molar-refractivity contribution in [3.05, 3.63) is 36.9 Å². The third-order valence-corrected chi connectivity index (χ3v) is 0.949. The van der Waals surface area contributed by atoms with Crippen LogP contribution in [0.15, 0.2) is 36.9 Å². The van der Waals surface area contributed by atoms with Crippen LogP contribution in [0.5, 0.6) is 0 Å². The average molecular weight is 136 g/mol. The maximum Gasteiger partial charge on any atom is 0.293 e. The Bertz CT molecular complexity index is 182. The molecule has 0 saturated carbocycles. The van der Waals surface area contributed by atoms with Gasteiger partial charge in [0, 0.05) is 0 Å². The van der Waals surface area contributed by atoms with E-state index in [4.69, 9.17) is 5.11 Å². The van der Waals surface area contributed by atoms with Crippen LogP contribution in [0, 0.1) is 0 Å². The highest BCUT2D eigenvalue weighted by Gasteiger charge is 2.01. The summed E-state index contributed by atoms with van der Waals surface area (Å²) in [5.74, 6) is -0.854. The van der Waals surface area contributed by atoms with Crippen molar-refractivity contribution in [2.75, 3.05) is 0 Å². The third-order valence-electron chi connectivity index (χ3n) is 0.949. The van der Waals surface area contributed by atoms with Gasteiger partial charge in [-0.1, -0.05) is 36.9 Å². The minimum atomic E-state index is -0.854. The molecule has 0 unspecified atom stereocenters. The predicted octanol–water partition coefficient (Wildman–Crippen LogP) is 1.36. The van der Waals surface area contributed by atoms with Gasteiger partial charge in [0.2, 0.25) is 0 Å². The van der Waals surface area contributed by atoms with Gasteiger partial charge >= 0.3 is 0 Å². The molecule has 10 heavy (non-hydrogen) atoms. The molecule has 0 aromatic carbocycles. The molecule has 0 heterocycles. The van der Waals surface area contributed by atoms with Crippen molar-refractivity contribution in [2.45, 2.75) is 0 Å². The number of carboxylic acid groups (broad SMARTS) is 1. The van der Waals surface area contributed by atoms with Gasteiger partial charge in [-0.05, 0) is 0 Å². The van der Waals surface area contributed by atoms with Gasteiger partial charge in [-0.15, -0.1) is 0 Å². The molecule has 0 aromatic heterocycles. The molecule has 0 radical (unpaired) electrons. The number of hydrogen-bond donors (Lipinski definition) is 1. The predicted molar refractivity (Wildman–Crippen MR) is 43.7 cm³/mol. The van der Waals surface area contributed by atoms with Crippen molar-refractivity contribution >= 4 is 13.1 Å². The fraction of sp³-hybridized carbons (Fsp3) is 0. The molecule has 0 aliphatic heterocycles. The van der Waals surface area contributed by atoms with Gasteiger partial charge in [0.1, 0.15) is 0 Å². The normalized spacial score (nSPS) is 10.2. The molecule has 0 saturated heterocycles. The fourth-order valence-electron chi connectivity index (χ4n) is 0.525. The lowest BCUT2D eigenvalue weighted by Gasteiger charge is -1.90. The summed E-state index contributed by atoms with van der Waals surface area (Å²) < 4.78 is 0. The maximum absolute atomic E-state index is 10.1. The Morgan fingerprint density at radius 2 is 2.10 bits per heavy atom. The SMILES string of the molecule is C=C/C=C(/BC(=O)O)C=C. The molecular weight excluding hydrogens is 127 g/mol. The van der Waals surface area contributed by atoms with Gasteiger partial charge in [0.15, 0.2) is 0 Å². The molecule has 0 spiro atoms. The Hall–Kier alpha value is -1.25. The van der Waals surface area contributed by atoms with Crippen LogP contribution >= 0.6 is 0 Å². The zero-order valence-electron chi connectivity index (χ0n) is 5.71. The minimum Gasteiger partial charge on any atom is -0.489 e. The van der Waals surface area contributed by atoms with Crippen molar-refractivity contribution in [3.8, 4) is 0 Å². The molecule has 0 atom stereocenters. The maximum atomic E-state index is 10.1. The second-order valence-corrected chi connectivity index (χ2v) is 1.75. The number of rotatable bonds is 4. The number of hydrogen-bond acceptors (Lipinski definition) is 1. The Labute approximate surface area is 60.8 Å². The van der Waals surface area contributed by atoms with Gasteiger partial charge in [-0.2, -0.15) is 0 Å². The first-order chi connectivity index (χ1) is 4.70. The number of allylic oxidation sites excluding steroid dienone is 4. The molecule has 52 valence electrons. The summed E-state index contributed by atoms with van der Waals surface area (Å²) in [5, 5.41) is 8.32. The van der Waals surface area contributed by atoms with Gasteiger partial charge in [-0.25, -0.2) is 0 Å². The van der Waals surface area contributed by atoms with E-state index in [1.807, 2.05) is 0 Å². The van der Waals surface area contributed by atoms with E-state index in [1.54, 1.807) is 12.2 Å². The first-order valence-electron chi connectivity index (χ1n) is 2.86. The summed E-state index contributed by atoms with van der Waals surface area (Å²) in [7, 11) is 0.00944. The second kappa shape index (κ2) is 4.62. The van der Waals surface area contributed by atoms with Crippen LogP contribution in [0.4, 0.5) is 4.79 Å². The summed E-state index contributed by atoms with van der Waals surface area (Å²) in [4.78, 5) is 10.1. The average Bonchev–Trinajstić information content (AvgIpc) is 1.86. The molecule has 0 rings (SSSR count). The summed E-state index contributed by atoms with van der Waals surface area (Å²) in [6, 6.07) is 0. The summed E-state index contributed by atoms with van der Waals surface area (Å²) >= 11 is 0.